The summed E-state index contributed by atoms with van der Waals surface area (Å²) in [6.07, 6.45) is 1.33. The van der Waals surface area contributed by atoms with Crippen molar-refractivity contribution in [1.29, 1.82) is 0 Å². The molecule has 7 nitrogen and oxygen atoms in total. The summed E-state index contributed by atoms with van der Waals surface area (Å²) in [4.78, 5) is 28.1. The predicted molar refractivity (Wildman–Crippen MR) is 138 cm³/mol. The van der Waals surface area contributed by atoms with E-state index in [1.54, 1.807) is 13.0 Å². The summed E-state index contributed by atoms with van der Waals surface area (Å²) in [7, 11) is -3.90. The first-order valence-electron chi connectivity index (χ1n) is 10.8. The molecule has 1 N–H and O–H groups in total. The number of rotatable bonds is 9. The number of hydrogen-bond acceptors (Lipinski definition) is 4. The second kappa shape index (κ2) is 11.4. The van der Waals surface area contributed by atoms with Gasteiger partial charge in [0.05, 0.1) is 22.0 Å². The Labute approximate surface area is 212 Å². The molecule has 0 saturated heterocycles. The number of nitrogens with zero attached hydrogens (tertiary/aromatic N) is 2. The van der Waals surface area contributed by atoms with E-state index in [2.05, 4.69) is 5.32 Å². The summed E-state index contributed by atoms with van der Waals surface area (Å²) < 4.78 is 26.2. The van der Waals surface area contributed by atoms with Crippen LogP contribution in [0, 0.1) is 0 Å². The smallest absolute Gasteiger partial charge is 0.244 e. The summed E-state index contributed by atoms with van der Waals surface area (Å²) in [5, 5.41) is 3.11. The zero-order valence-electron chi connectivity index (χ0n) is 20.0. The molecule has 0 unspecified atom stereocenters. The van der Waals surface area contributed by atoms with Crippen molar-refractivity contribution in [3.63, 3.8) is 0 Å². The van der Waals surface area contributed by atoms with Gasteiger partial charge in [0.2, 0.25) is 21.8 Å². The first-order valence-corrected chi connectivity index (χ1v) is 13.4. The number of anilines is 1. The lowest BCUT2D eigenvalue weighted by Crippen LogP contribution is -2.55. The third-order valence-electron chi connectivity index (χ3n) is 4.96. The second-order valence-electron chi connectivity index (χ2n) is 9.01. The average molecular weight is 529 g/mol. The van der Waals surface area contributed by atoms with Crippen molar-refractivity contribution in [3.05, 3.63) is 64.1 Å². The van der Waals surface area contributed by atoms with Gasteiger partial charge in [-0.1, -0.05) is 66.5 Å². The van der Waals surface area contributed by atoms with Crippen molar-refractivity contribution >= 4 is 50.7 Å². The van der Waals surface area contributed by atoms with Crippen molar-refractivity contribution in [3.8, 4) is 0 Å². The number of benzene rings is 2. The number of halogens is 2. The molecule has 2 aromatic rings. The van der Waals surface area contributed by atoms with Crippen LogP contribution in [0.2, 0.25) is 10.0 Å². The molecule has 0 fully saturated rings. The normalized spacial score (nSPS) is 12.7. The highest BCUT2D eigenvalue weighted by atomic mass is 35.5. The van der Waals surface area contributed by atoms with Crippen molar-refractivity contribution in [1.82, 2.24) is 10.2 Å². The van der Waals surface area contributed by atoms with Gasteiger partial charge in [0.1, 0.15) is 12.6 Å². The first-order chi connectivity index (χ1) is 15.7. The van der Waals surface area contributed by atoms with Crippen LogP contribution in [0.1, 0.15) is 39.7 Å². The van der Waals surface area contributed by atoms with Gasteiger partial charge in [-0.05, 0) is 44.9 Å². The Kier molecular flexibility index (Phi) is 9.39. The Morgan fingerprint density at radius 2 is 1.65 bits per heavy atom. The standard InChI is InChI=1S/C24H31Cl2N3O4S/c1-6-19(23(31)27-24(2,3)4)28(15-17-11-8-7-9-12-17)21(30)16-29(34(5,32)33)20-14-10-13-18(25)22(20)26/h7-14,19H,6,15-16H2,1-5H3,(H,27,31)/t19-/m1/s1. The lowest BCUT2D eigenvalue weighted by atomic mass is 10.1. The highest BCUT2D eigenvalue weighted by molar-refractivity contribution is 7.92. The third-order valence-corrected chi connectivity index (χ3v) is 6.89. The molecule has 0 aliphatic rings. The van der Waals surface area contributed by atoms with E-state index in [0.29, 0.717) is 6.42 Å². The fraction of sp³-hybridized carbons (Fsp3) is 0.417. The van der Waals surface area contributed by atoms with E-state index >= 15 is 0 Å². The van der Waals surface area contributed by atoms with Gasteiger partial charge in [-0.2, -0.15) is 0 Å². The van der Waals surface area contributed by atoms with Crippen LogP contribution in [0.15, 0.2) is 48.5 Å². The molecule has 186 valence electrons. The minimum atomic E-state index is -3.90. The van der Waals surface area contributed by atoms with E-state index in [0.717, 1.165) is 16.1 Å². The van der Waals surface area contributed by atoms with E-state index in [1.807, 2.05) is 51.1 Å². The molecule has 0 heterocycles. The van der Waals surface area contributed by atoms with Crippen LogP contribution in [0.25, 0.3) is 0 Å². The van der Waals surface area contributed by atoms with Crippen LogP contribution < -0.4 is 9.62 Å². The van der Waals surface area contributed by atoms with Gasteiger partial charge in [-0.3, -0.25) is 13.9 Å². The van der Waals surface area contributed by atoms with Crippen LogP contribution in [0.3, 0.4) is 0 Å². The molecule has 0 radical (unpaired) electrons. The summed E-state index contributed by atoms with van der Waals surface area (Å²) in [6.45, 7) is 6.97. The summed E-state index contributed by atoms with van der Waals surface area (Å²) in [5.41, 5.74) is 0.403. The zero-order valence-corrected chi connectivity index (χ0v) is 22.3. The Balaban J connectivity index is 2.48. The van der Waals surface area contributed by atoms with Gasteiger partial charge in [0.15, 0.2) is 0 Å². The monoisotopic (exact) mass is 527 g/mol. The highest BCUT2D eigenvalue weighted by Crippen LogP contribution is 2.33. The maximum absolute atomic E-state index is 13.6. The van der Waals surface area contributed by atoms with Gasteiger partial charge in [0, 0.05) is 12.1 Å². The molecule has 0 aliphatic carbocycles. The number of carbonyl (C=O) groups is 2. The molecule has 0 aromatic heterocycles. The van der Waals surface area contributed by atoms with Crippen molar-refractivity contribution < 1.29 is 18.0 Å². The molecule has 0 bridgehead atoms. The number of nitrogens with one attached hydrogen (secondary N) is 1. The molecule has 0 aliphatic heterocycles. The van der Waals surface area contributed by atoms with Crippen LogP contribution >= 0.6 is 23.2 Å². The minimum Gasteiger partial charge on any atom is -0.350 e. The molecule has 34 heavy (non-hydrogen) atoms. The van der Waals surface area contributed by atoms with Gasteiger partial charge in [-0.15, -0.1) is 0 Å². The Bertz CT molecular complexity index is 1120. The van der Waals surface area contributed by atoms with E-state index in [1.165, 1.54) is 17.0 Å². The van der Waals surface area contributed by atoms with E-state index in [-0.39, 0.29) is 28.2 Å². The van der Waals surface area contributed by atoms with Crippen LogP contribution in [0.5, 0.6) is 0 Å². The number of amides is 2. The first kappa shape index (κ1) is 28.0. The van der Waals surface area contributed by atoms with Gasteiger partial charge in [0.25, 0.3) is 0 Å². The predicted octanol–water partition coefficient (Wildman–Crippen LogP) is 4.48. The number of hydrogen-bond donors (Lipinski definition) is 1. The maximum Gasteiger partial charge on any atom is 0.244 e. The van der Waals surface area contributed by atoms with E-state index in [4.69, 9.17) is 23.2 Å². The SMILES string of the molecule is CC[C@H](C(=O)NC(C)(C)C)N(Cc1ccccc1)C(=O)CN(c1cccc(Cl)c1Cl)S(C)(=O)=O. The Morgan fingerprint density at radius 3 is 2.18 bits per heavy atom. The van der Waals surface area contributed by atoms with Crippen LogP contribution in [-0.2, 0) is 26.2 Å². The molecular formula is C24H31Cl2N3O4S. The average Bonchev–Trinajstić information content (AvgIpc) is 2.72. The van der Waals surface area contributed by atoms with Gasteiger partial charge >= 0.3 is 0 Å². The number of sulfonamides is 1. The Morgan fingerprint density at radius 1 is 1.03 bits per heavy atom. The van der Waals surface area contributed by atoms with Crippen molar-refractivity contribution in [2.24, 2.45) is 0 Å². The summed E-state index contributed by atoms with van der Waals surface area (Å²) in [5.74, 6) is -0.854. The number of carbonyl (C=O) groups excluding carboxylic acids is 2. The topological polar surface area (TPSA) is 86.8 Å². The maximum atomic E-state index is 13.6. The molecule has 0 spiro atoms. The molecule has 0 saturated carbocycles. The van der Waals surface area contributed by atoms with Crippen LogP contribution in [-0.4, -0.2) is 49.5 Å². The molecular weight excluding hydrogens is 497 g/mol. The molecule has 10 heteroatoms. The summed E-state index contributed by atoms with van der Waals surface area (Å²) >= 11 is 12.4. The van der Waals surface area contributed by atoms with Gasteiger partial charge < -0.3 is 10.2 Å². The van der Waals surface area contributed by atoms with Crippen molar-refractivity contribution in [2.45, 2.75) is 52.2 Å². The fourth-order valence-electron chi connectivity index (χ4n) is 3.43. The quantitative estimate of drug-likeness (QED) is 0.520. The molecule has 2 amide bonds. The van der Waals surface area contributed by atoms with E-state index < -0.39 is 34.1 Å². The molecule has 1 atom stereocenters. The fourth-order valence-corrected chi connectivity index (χ4v) is 4.73. The molecule has 2 rings (SSSR count). The highest BCUT2D eigenvalue weighted by Gasteiger charge is 2.33. The lowest BCUT2D eigenvalue weighted by Gasteiger charge is -2.34. The minimum absolute atomic E-state index is 0.0227. The lowest BCUT2D eigenvalue weighted by molar-refractivity contribution is -0.141. The van der Waals surface area contributed by atoms with Crippen molar-refractivity contribution in [2.75, 3.05) is 17.1 Å². The van der Waals surface area contributed by atoms with E-state index in [9.17, 15) is 18.0 Å². The second-order valence-corrected chi connectivity index (χ2v) is 11.7. The third kappa shape index (κ3) is 7.61. The molecule has 2 aromatic carbocycles. The van der Waals surface area contributed by atoms with Gasteiger partial charge in [-0.25, -0.2) is 8.42 Å². The largest absolute Gasteiger partial charge is 0.350 e. The Hall–Kier alpha value is -2.29. The van der Waals surface area contributed by atoms with Crippen LogP contribution in [0.4, 0.5) is 5.69 Å². The summed E-state index contributed by atoms with van der Waals surface area (Å²) in [6, 6.07) is 13.0. The zero-order chi connectivity index (χ0) is 25.7.